The van der Waals surface area contributed by atoms with Gasteiger partial charge in [-0.15, -0.1) is 0 Å². The van der Waals surface area contributed by atoms with Crippen molar-refractivity contribution in [1.29, 1.82) is 0 Å². The molecule has 210 valence electrons. The molecule has 1 saturated heterocycles. The number of nitrogens with two attached hydrogens (primary N) is 1. The largest absolute Gasteiger partial charge is 0.342 e. The maximum Gasteiger partial charge on any atom is 0.245 e. The fourth-order valence-corrected chi connectivity index (χ4v) is 7.57. The molecule has 2 amide bonds. The van der Waals surface area contributed by atoms with Gasteiger partial charge in [-0.25, -0.2) is 8.42 Å². The van der Waals surface area contributed by atoms with Gasteiger partial charge >= 0.3 is 0 Å². The van der Waals surface area contributed by atoms with Crippen molar-refractivity contribution in [3.63, 3.8) is 0 Å². The number of likely N-dealkylation sites (tertiary alicyclic amines) is 1. The Balaban J connectivity index is 1.35. The zero-order valence-electron chi connectivity index (χ0n) is 23.2. The van der Waals surface area contributed by atoms with Crippen molar-refractivity contribution in [3.05, 3.63) is 65.2 Å². The van der Waals surface area contributed by atoms with Crippen molar-refractivity contribution in [1.82, 2.24) is 10.2 Å². The van der Waals surface area contributed by atoms with Crippen LogP contribution < -0.4 is 15.4 Å². The molecule has 39 heavy (non-hydrogen) atoms. The van der Waals surface area contributed by atoms with Crippen LogP contribution in [0.15, 0.2) is 48.5 Å². The topological polar surface area (TPSA) is 113 Å². The second-order valence-corrected chi connectivity index (χ2v) is 14.1. The summed E-state index contributed by atoms with van der Waals surface area (Å²) in [5, 5.41) is 3.04. The molecule has 1 atom stereocenters. The summed E-state index contributed by atoms with van der Waals surface area (Å²) in [5.41, 5.74) is 9.11. The summed E-state index contributed by atoms with van der Waals surface area (Å²) in [4.78, 5) is 29.0. The molecule has 5 rings (SSSR count). The van der Waals surface area contributed by atoms with Crippen LogP contribution in [0.3, 0.4) is 0 Å². The number of para-hydroxylation sites is 1. The lowest BCUT2D eigenvalue weighted by Crippen LogP contribution is -2.60. The zero-order valence-corrected chi connectivity index (χ0v) is 24.0. The molecule has 1 fully saturated rings. The Morgan fingerprint density at radius 3 is 2.13 bits per heavy atom. The van der Waals surface area contributed by atoms with E-state index in [1.807, 2.05) is 29.2 Å². The molecule has 8 nitrogen and oxygen atoms in total. The molecule has 9 heteroatoms. The second kappa shape index (κ2) is 10.2. The Bertz CT molecular complexity index is 1330. The van der Waals surface area contributed by atoms with E-state index in [1.54, 1.807) is 13.8 Å². The number of carbonyl (C=O) groups is 2. The summed E-state index contributed by atoms with van der Waals surface area (Å²) < 4.78 is 26.6. The number of anilines is 1. The minimum atomic E-state index is -3.41. The van der Waals surface area contributed by atoms with E-state index >= 15 is 0 Å². The predicted octanol–water partition coefficient (Wildman–Crippen LogP) is 2.74. The number of nitrogens with zero attached hydrogens (tertiary/aromatic N) is 2. The number of sulfonamides is 1. The van der Waals surface area contributed by atoms with Crippen LogP contribution in [-0.2, 0) is 37.9 Å². The molecule has 0 aromatic heterocycles. The minimum Gasteiger partial charge on any atom is -0.342 e. The Morgan fingerprint density at radius 1 is 1.00 bits per heavy atom. The highest BCUT2D eigenvalue weighted by atomic mass is 32.2. The number of rotatable bonds is 5. The molecule has 1 spiro atoms. The standard InChI is InChI=1S/C30H40N4O4S/c1-29(2,31)28(36)32-26(23-14-12-21-8-4-5-9-22(21)13-15-23)27(35)33-18-16-30(17-19-33)20-34(39(3,37)38)25-11-7-6-10-24(25)30/h4-11,23,26H,12-20,31H2,1-3H3,(H,32,36). The smallest absolute Gasteiger partial charge is 0.245 e. The first-order valence-corrected chi connectivity index (χ1v) is 15.8. The van der Waals surface area contributed by atoms with E-state index in [9.17, 15) is 18.0 Å². The van der Waals surface area contributed by atoms with Crippen molar-refractivity contribution in [2.75, 3.05) is 30.2 Å². The van der Waals surface area contributed by atoms with Crippen LogP contribution >= 0.6 is 0 Å². The average molecular weight is 553 g/mol. The quantitative estimate of drug-likeness (QED) is 0.554. The van der Waals surface area contributed by atoms with Gasteiger partial charge in [-0.3, -0.25) is 13.9 Å². The van der Waals surface area contributed by atoms with E-state index in [-0.39, 0.29) is 23.1 Å². The third-order valence-corrected chi connectivity index (χ3v) is 10.0. The monoisotopic (exact) mass is 552 g/mol. The highest BCUT2D eigenvalue weighted by Gasteiger charge is 2.48. The van der Waals surface area contributed by atoms with Crippen LogP contribution in [0, 0.1) is 5.92 Å². The summed E-state index contributed by atoms with van der Waals surface area (Å²) in [7, 11) is -3.41. The van der Waals surface area contributed by atoms with Crippen LogP contribution in [0.5, 0.6) is 0 Å². The van der Waals surface area contributed by atoms with Crippen LogP contribution in [0.4, 0.5) is 5.69 Å². The molecule has 3 aliphatic rings. The predicted molar refractivity (Wildman–Crippen MR) is 153 cm³/mol. The van der Waals surface area contributed by atoms with Gasteiger partial charge in [-0.05, 0) is 81.0 Å². The molecule has 1 aliphatic carbocycles. The fraction of sp³-hybridized carbons (Fsp3) is 0.533. The van der Waals surface area contributed by atoms with Gasteiger partial charge in [0.1, 0.15) is 6.04 Å². The number of hydrogen-bond donors (Lipinski definition) is 2. The van der Waals surface area contributed by atoms with Gasteiger partial charge < -0.3 is 16.0 Å². The lowest BCUT2D eigenvalue weighted by molar-refractivity contribution is -0.140. The molecular weight excluding hydrogens is 512 g/mol. The maximum absolute atomic E-state index is 14.1. The van der Waals surface area contributed by atoms with Gasteiger partial charge in [0.15, 0.2) is 0 Å². The third-order valence-electron chi connectivity index (χ3n) is 8.92. The molecule has 2 aromatic carbocycles. The molecule has 2 aliphatic heterocycles. The Morgan fingerprint density at radius 2 is 1.56 bits per heavy atom. The average Bonchev–Trinajstić information content (AvgIpc) is 3.06. The van der Waals surface area contributed by atoms with Gasteiger partial charge in [-0.2, -0.15) is 0 Å². The molecule has 0 radical (unpaired) electrons. The highest BCUT2D eigenvalue weighted by molar-refractivity contribution is 7.92. The molecular formula is C30H40N4O4S. The summed E-state index contributed by atoms with van der Waals surface area (Å²) in [6.45, 7) is 4.73. The first kappa shape index (κ1) is 27.6. The van der Waals surface area contributed by atoms with E-state index in [0.717, 1.165) is 36.9 Å². The summed E-state index contributed by atoms with van der Waals surface area (Å²) >= 11 is 0. The van der Waals surface area contributed by atoms with Crippen molar-refractivity contribution < 1.29 is 18.0 Å². The van der Waals surface area contributed by atoms with E-state index in [1.165, 1.54) is 21.7 Å². The van der Waals surface area contributed by atoms with E-state index < -0.39 is 21.6 Å². The first-order valence-electron chi connectivity index (χ1n) is 13.9. The lowest BCUT2D eigenvalue weighted by Gasteiger charge is -2.42. The second-order valence-electron chi connectivity index (χ2n) is 12.2. The maximum atomic E-state index is 14.1. The van der Waals surface area contributed by atoms with Gasteiger partial charge in [0.05, 0.1) is 17.5 Å². The molecule has 2 heterocycles. The van der Waals surface area contributed by atoms with Crippen LogP contribution in [0.2, 0.25) is 0 Å². The molecule has 2 aromatic rings. The summed E-state index contributed by atoms with van der Waals surface area (Å²) in [6.07, 6.45) is 5.95. The number of fused-ring (bicyclic) bond motifs is 3. The number of amides is 2. The van der Waals surface area contributed by atoms with E-state index in [2.05, 4.69) is 29.6 Å². The molecule has 3 N–H and O–H groups in total. The normalized spacial score (nSPS) is 20.2. The van der Waals surface area contributed by atoms with E-state index in [0.29, 0.717) is 32.5 Å². The lowest BCUT2D eigenvalue weighted by atomic mass is 9.74. The first-order chi connectivity index (χ1) is 18.4. The zero-order chi connectivity index (χ0) is 28.0. The van der Waals surface area contributed by atoms with Crippen molar-refractivity contribution in [3.8, 4) is 0 Å². The highest BCUT2D eigenvalue weighted by Crippen LogP contribution is 2.48. The Kier molecular flexibility index (Phi) is 7.26. The number of benzene rings is 2. The molecule has 0 saturated carbocycles. The number of piperidine rings is 1. The van der Waals surface area contributed by atoms with Gasteiger partial charge in [0, 0.05) is 25.0 Å². The van der Waals surface area contributed by atoms with Crippen molar-refractivity contribution in [2.45, 2.75) is 69.4 Å². The summed E-state index contributed by atoms with van der Waals surface area (Å²) in [5.74, 6) is -0.394. The minimum absolute atomic E-state index is 0.0000177. The number of nitrogens with one attached hydrogen (secondary N) is 1. The van der Waals surface area contributed by atoms with Crippen LogP contribution in [0.25, 0.3) is 0 Å². The number of carbonyl (C=O) groups excluding carboxylic acids is 2. The van der Waals surface area contributed by atoms with Crippen LogP contribution in [0.1, 0.15) is 56.2 Å². The molecule has 1 unspecified atom stereocenters. The number of aryl methyl sites for hydroxylation is 2. The van der Waals surface area contributed by atoms with Crippen LogP contribution in [-0.4, -0.2) is 62.6 Å². The summed E-state index contributed by atoms with van der Waals surface area (Å²) in [6, 6.07) is 15.5. The Hall–Kier alpha value is -2.91. The van der Waals surface area contributed by atoms with Gasteiger partial charge in [-0.1, -0.05) is 42.5 Å². The van der Waals surface area contributed by atoms with Crippen molar-refractivity contribution in [2.24, 2.45) is 11.7 Å². The number of hydrogen-bond acceptors (Lipinski definition) is 5. The van der Waals surface area contributed by atoms with Crippen molar-refractivity contribution >= 4 is 27.5 Å². The molecule has 0 bridgehead atoms. The Labute approximate surface area is 232 Å². The van der Waals surface area contributed by atoms with Gasteiger partial charge in [0.25, 0.3) is 0 Å². The third kappa shape index (κ3) is 5.43. The van der Waals surface area contributed by atoms with E-state index in [4.69, 9.17) is 5.73 Å². The SMILES string of the molecule is CC(C)(N)C(=O)NC(C(=O)N1CCC2(CC1)CN(S(C)(=O)=O)c1ccccc12)C1CCc2ccccc2CC1. The van der Waals surface area contributed by atoms with Gasteiger partial charge in [0.2, 0.25) is 21.8 Å². The fourth-order valence-electron chi connectivity index (χ4n) is 6.57.